The van der Waals surface area contributed by atoms with Gasteiger partial charge in [0.1, 0.15) is 11.5 Å². The highest BCUT2D eigenvalue weighted by atomic mass is 32.2. The number of ketones is 1. The summed E-state index contributed by atoms with van der Waals surface area (Å²) in [5, 5.41) is 20.3. The zero-order chi connectivity index (χ0) is 21.8. The van der Waals surface area contributed by atoms with E-state index in [0.29, 0.717) is 38.4 Å². The van der Waals surface area contributed by atoms with Crippen LogP contribution in [-0.4, -0.2) is 38.0 Å². The highest BCUT2D eigenvalue weighted by Crippen LogP contribution is 2.41. The van der Waals surface area contributed by atoms with Crippen molar-refractivity contribution >= 4 is 63.5 Å². The lowest BCUT2D eigenvalue weighted by atomic mass is 9.88. The topological polar surface area (TPSA) is 111 Å². The summed E-state index contributed by atoms with van der Waals surface area (Å²) in [5.74, 6) is -1.46. The number of benzene rings is 1. The van der Waals surface area contributed by atoms with Crippen LogP contribution in [0.2, 0.25) is 0 Å². The molecule has 10 heteroatoms. The summed E-state index contributed by atoms with van der Waals surface area (Å²) in [6.07, 6.45) is 3.81. The van der Waals surface area contributed by atoms with Gasteiger partial charge in [0.05, 0.1) is 25.9 Å². The van der Waals surface area contributed by atoms with Crippen LogP contribution < -0.4 is 0 Å². The van der Waals surface area contributed by atoms with Crippen LogP contribution in [0.1, 0.15) is 12.2 Å². The third kappa shape index (κ3) is 4.82. The minimum Gasteiger partial charge on any atom is -0.481 e. The molecule has 2 atom stereocenters. The van der Waals surface area contributed by atoms with Crippen molar-refractivity contribution in [2.45, 2.75) is 6.42 Å². The fourth-order valence-electron chi connectivity index (χ4n) is 3.07. The van der Waals surface area contributed by atoms with Crippen molar-refractivity contribution in [3.05, 3.63) is 57.2 Å². The normalized spacial score (nSPS) is 18.7. The maximum absolute atomic E-state index is 12.9. The van der Waals surface area contributed by atoms with E-state index in [9.17, 15) is 24.8 Å². The predicted octanol–water partition coefficient (Wildman–Crippen LogP) is 4.91. The second kappa shape index (κ2) is 9.59. The molecule has 1 fully saturated rings. The third-order valence-electron chi connectivity index (χ3n) is 4.61. The zero-order valence-electron chi connectivity index (χ0n) is 15.8. The second-order valence-electron chi connectivity index (χ2n) is 6.50. The molecule has 7 nitrogen and oxygen atoms in total. The summed E-state index contributed by atoms with van der Waals surface area (Å²) >= 11 is 7.94. The van der Waals surface area contributed by atoms with Crippen molar-refractivity contribution in [1.29, 1.82) is 0 Å². The Morgan fingerprint density at radius 3 is 2.67 bits per heavy atom. The molecule has 0 radical (unpaired) electrons. The van der Waals surface area contributed by atoms with E-state index < -0.39 is 22.7 Å². The van der Waals surface area contributed by atoms with Crippen LogP contribution in [0.15, 0.2) is 45.7 Å². The Morgan fingerprint density at radius 1 is 1.37 bits per heavy atom. The van der Waals surface area contributed by atoms with Crippen LogP contribution in [0.5, 0.6) is 0 Å². The zero-order valence-corrected chi connectivity index (χ0v) is 18.2. The second-order valence-corrected chi connectivity index (χ2v) is 9.27. The summed E-state index contributed by atoms with van der Waals surface area (Å²) in [7, 11) is 0. The van der Waals surface area contributed by atoms with Crippen molar-refractivity contribution in [3.63, 3.8) is 0 Å². The molecule has 156 valence electrons. The van der Waals surface area contributed by atoms with Crippen molar-refractivity contribution in [3.8, 4) is 11.3 Å². The van der Waals surface area contributed by atoms with E-state index in [1.54, 1.807) is 30.3 Å². The molecule has 2 unspecified atom stereocenters. The van der Waals surface area contributed by atoms with Crippen molar-refractivity contribution in [2.75, 3.05) is 12.0 Å². The average Bonchev–Trinajstić information content (AvgIpc) is 3.28. The fraction of sp³-hybridized carbons (Fsp3) is 0.250. The number of carboxylic acid groups (broad SMARTS) is 1. The van der Waals surface area contributed by atoms with E-state index in [1.807, 2.05) is 6.26 Å². The SMILES string of the molecule is CSCCC(C(=O)O)C1C(=O)/C(=C\c2ccc(-c3ccc([N+](=O)[O-])cc3)o2)SC1=S. The summed E-state index contributed by atoms with van der Waals surface area (Å²) in [6, 6.07) is 9.31. The first-order chi connectivity index (χ1) is 14.3. The number of nitro groups is 1. The molecule has 1 aliphatic heterocycles. The third-order valence-corrected chi connectivity index (χ3v) is 6.75. The lowest BCUT2D eigenvalue weighted by molar-refractivity contribution is -0.384. The molecular formula is C20H17NO6S3. The van der Waals surface area contributed by atoms with Gasteiger partial charge in [-0.25, -0.2) is 0 Å². The number of Topliss-reactive ketones (excluding diaryl/α,β-unsaturated/α-hetero) is 1. The van der Waals surface area contributed by atoms with E-state index in [1.165, 1.54) is 23.9 Å². The number of carbonyl (C=O) groups excluding carboxylic acids is 1. The molecule has 0 saturated carbocycles. The molecule has 3 rings (SSSR count). The molecule has 30 heavy (non-hydrogen) atoms. The van der Waals surface area contributed by atoms with Crippen LogP contribution in [0.3, 0.4) is 0 Å². The quantitative estimate of drug-likeness (QED) is 0.253. The van der Waals surface area contributed by atoms with Gasteiger partial charge in [0.25, 0.3) is 5.69 Å². The number of allylic oxidation sites excluding steroid dienone is 1. The number of thioether (sulfide) groups is 2. The van der Waals surface area contributed by atoms with Crippen LogP contribution in [0.4, 0.5) is 5.69 Å². The highest BCUT2D eigenvalue weighted by molar-refractivity contribution is 8.27. The Hall–Kier alpha value is -2.43. The number of thiocarbonyl (C=S) groups is 1. The molecule has 0 aliphatic carbocycles. The number of rotatable bonds is 8. The smallest absolute Gasteiger partial charge is 0.307 e. The molecule has 0 spiro atoms. The Morgan fingerprint density at radius 2 is 2.07 bits per heavy atom. The summed E-state index contributed by atoms with van der Waals surface area (Å²) in [6.45, 7) is 0. The minimum atomic E-state index is -1.02. The van der Waals surface area contributed by atoms with Crippen LogP contribution in [0.25, 0.3) is 17.4 Å². The van der Waals surface area contributed by atoms with Crippen molar-refractivity contribution < 1.29 is 24.0 Å². The number of hydrogen-bond donors (Lipinski definition) is 1. The fourth-order valence-corrected chi connectivity index (χ4v) is 5.12. The van der Waals surface area contributed by atoms with Gasteiger partial charge in [-0.15, -0.1) is 0 Å². The Bertz CT molecular complexity index is 1030. The number of carbonyl (C=O) groups is 2. The first-order valence-corrected chi connectivity index (χ1v) is 11.5. The van der Waals surface area contributed by atoms with Gasteiger partial charge in [-0.2, -0.15) is 11.8 Å². The number of non-ortho nitro benzene ring substituents is 1. The lowest BCUT2D eigenvalue weighted by Gasteiger charge is -2.16. The molecule has 0 bridgehead atoms. The van der Waals surface area contributed by atoms with Gasteiger partial charge in [0.2, 0.25) is 0 Å². The summed E-state index contributed by atoms with van der Waals surface area (Å²) < 4.78 is 6.11. The van der Waals surface area contributed by atoms with E-state index in [0.717, 1.165) is 11.8 Å². The first kappa shape index (κ1) is 22.3. The Kier molecular flexibility index (Phi) is 7.11. The summed E-state index contributed by atoms with van der Waals surface area (Å²) in [4.78, 5) is 35.2. The standard InChI is InChI=1S/C20H17NO6S3/c1-29-9-8-14(19(23)24)17-18(22)16(30-20(17)28)10-13-6-7-15(27-13)11-2-4-12(5-3-11)21(25)26/h2-7,10,14,17H,8-9H2,1H3,(H,23,24)/b16-10+. The minimum absolute atomic E-state index is 0.0189. The summed E-state index contributed by atoms with van der Waals surface area (Å²) in [5.41, 5.74) is 0.640. The molecule has 1 aromatic carbocycles. The van der Waals surface area contributed by atoms with Crippen LogP contribution in [-0.2, 0) is 9.59 Å². The van der Waals surface area contributed by atoms with Gasteiger partial charge in [0.15, 0.2) is 5.78 Å². The molecule has 2 heterocycles. The molecule has 1 aromatic heterocycles. The van der Waals surface area contributed by atoms with Crippen molar-refractivity contribution in [1.82, 2.24) is 0 Å². The highest BCUT2D eigenvalue weighted by Gasteiger charge is 2.43. The maximum atomic E-state index is 12.9. The monoisotopic (exact) mass is 463 g/mol. The van der Waals surface area contributed by atoms with Gasteiger partial charge >= 0.3 is 5.97 Å². The number of furan rings is 1. The van der Waals surface area contributed by atoms with Gasteiger partial charge < -0.3 is 9.52 Å². The number of nitrogens with zero attached hydrogens (tertiary/aromatic N) is 1. The molecule has 1 N–H and O–H groups in total. The molecule has 0 amide bonds. The first-order valence-electron chi connectivity index (χ1n) is 8.86. The molecule has 1 saturated heterocycles. The average molecular weight is 464 g/mol. The van der Waals surface area contributed by atoms with Gasteiger partial charge in [-0.3, -0.25) is 19.7 Å². The van der Waals surface area contributed by atoms with E-state index in [2.05, 4.69) is 0 Å². The number of hydrogen-bond acceptors (Lipinski definition) is 8. The van der Waals surface area contributed by atoms with Crippen molar-refractivity contribution in [2.24, 2.45) is 11.8 Å². The molecule has 2 aromatic rings. The number of aliphatic carboxylic acids is 1. The predicted molar refractivity (Wildman–Crippen MR) is 122 cm³/mol. The van der Waals surface area contributed by atoms with Crippen LogP contribution in [0, 0.1) is 22.0 Å². The van der Waals surface area contributed by atoms with E-state index in [-0.39, 0.29) is 11.5 Å². The Balaban J connectivity index is 1.80. The van der Waals surface area contributed by atoms with Gasteiger partial charge in [-0.05, 0) is 48.8 Å². The number of nitro benzene ring substituents is 1. The van der Waals surface area contributed by atoms with Gasteiger partial charge in [0, 0.05) is 17.7 Å². The van der Waals surface area contributed by atoms with E-state index >= 15 is 0 Å². The molecule has 1 aliphatic rings. The van der Waals surface area contributed by atoms with Gasteiger partial charge in [-0.1, -0.05) is 24.0 Å². The number of carboxylic acids is 1. The Labute approximate surface area is 186 Å². The molecular weight excluding hydrogens is 446 g/mol. The largest absolute Gasteiger partial charge is 0.481 e. The van der Waals surface area contributed by atoms with Crippen LogP contribution >= 0.6 is 35.7 Å². The lowest BCUT2D eigenvalue weighted by Crippen LogP contribution is -2.30. The van der Waals surface area contributed by atoms with E-state index in [4.69, 9.17) is 16.6 Å². The maximum Gasteiger partial charge on any atom is 0.307 e.